The summed E-state index contributed by atoms with van der Waals surface area (Å²) in [7, 11) is 0. The van der Waals surface area contributed by atoms with Gasteiger partial charge in [0.05, 0.1) is 10.9 Å². The maximum atomic E-state index is 13.3. The smallest absolute Gasteiger partial charge is 0.311 e. The number of carbonyl (C=O) groups is 4. The number of aryl methyl sites for hydroxylation is 1. The third-order valence-electron chi connectivity index (χ3n) is 7.21. The highest BCUT2D eigenvalue weighted by atomic mass is 32.2. The highest BCUT2D eigenvalue weighted by molar-refractivity contribution is 8.00. The molecule has 42 heavy (non-hydrogen) atoms. The first kappa shape index (κ1) is 32.9. The van der Waals surface area contributed by atoms with Crippen LogP contribution >= 0.6 is 11.8 Å². The Bertz CT molecular complexity index is 1310. The van der Waals surface area contributed by atoms with Crippen molar-refractivity contribution in [1.82, 2.24) is 4.98 Å². The minimum Gasteiger partial charge on any atom is -0.481 e. The molecule has 7 nitrogen and oxygen atoms in total. The van der Waals surface area contributed by atoms with E-state index in [9.17, 15) is 19.2 Å². The van der Waals surface area contributed by atoms with Crippen molar-refractivity contribution in [2.45, 2.75) is 94.1 Å². The number of nitrogens with one attached hydrogen (secondary N) is 1. The van der Waals surface area contributed by atoms with Gasteiger partial charge in [0.2, 0.25) is 0 Å². The first-order chi connectivity index (χ1) is 20.3. The summed E-state index contributed by atoms with van der Waals surface area (Å²) in [6.07, 6.45) is 11.3. The predicted octanol–water partition coefficient (Wildman–Crippen LogP) is 8.29. The van der Waals surface area contributed by atoms with Crippen LogP contribution in [0.25, 0.3) is 11.3 Å². The van der Waals surface area contributed by atoms with Crippen LogP contribution in [0.3, 0.4) is 0 Å². The van der Waals surface area contributed by atoms with E-state index in [2.05, 4.69) is 24.0 Å². The van der Waals surface area contributed by atoms with E-state index in [-0.39, 0.29) is 18.6 Å². The number of Topliss-reactive ketones (excluding diaryl/α,β-unsaturated/α-hetero) is 2. The van der Waals surface area contributed by atoms with Crippen molar-refractivity contribution in [1.29, 1.82) is 0 Å². The first-order valence-electron chi connectivity index (χ1n) is 14.8. The number of rotatable bonds is 20. The molecule has 0 bridgehead atoms. The molecule has 0 aliphatic carbocycles. The van der Waals surface area contributed by atoms with Crippen LogP contribution in [0.15, 0.2) is 65.7 Å². The Balaban J connectivity index is 1.69. The number of aromatic nitrogens is 1. The fourth-order valence-corrected chi connectivity index (χ4v) is 6.03. The molecule has 224 valence electrons. The van der Waals surface area contributed by atoms with Crippen LogP contribution in [0, 0.1) is 0 Å². The number of aromatic amines is 1. The number of hydrogen-bond acceptors (Lipinski definition) is 5. The van der Waals surface area contributed by atoms with E-state index in [1.54, 1.807) is 12.3 Å². The summed E-state index contributed by atoms with van der Waals surface area (Å²) in [5.41, 5.74) is 3.74. The highest BCUT2D eigenvalue weighted by Crippen LogP contribution is 2.38. The SMILES string of the molecule is CCCCCCCCCc1ccc(C(Sc2ccc(-c3[nH]ccc3C(=O)CC(=O)O)cc2)C(=O)CCCC(=O)O)cc1. The van der Waals surface area contributed by atoms with E-state index in [1.165, 1.54) is 55.9 Å². The number of aliphatic carboxylic acids is 2. The molecule has 1 heterocycles. The number of carbonyl (C=O) groups excluding carboxylic acids is 2. The maximum absolute atomic E-state index is 13.3. The van der Waals surface area contributed by atoms with Crippen molar-refractivity contribution in [3.8, 4) is 11.3 Å². The minimum atomic E-state index is -1.18. The van der Waals surface area contributed by atoms with Crippen LogP contribution in [0.5, 0.6) is 0 Å². The second kappa shape index (κ2) is 17.3. The van der Waals surface area contributed by atoms with Crippen molar-refractivity contribution in [2.24, 2.45) is 0 Å². The average molecular weight is 592 g/mol. The Morgan fingerprint density at radius 2 is 1.43 bits per heavy atom. The Morgan fingerprint density at radius 3 is 2.07 bits per heavy atom. The van der Waals surface area contributed by atoms with Gasteiger partial charge in [0, 0.05) is 29.5 Å². The van der Waals surface area contributed by atoms with Gasteiger partial charge in [0.1, 0.15) is 6.42 Å². The van der Waals surface area contributed by atoms with Crippen molar-refractivity contribution < 1.29 is 29.4 Å². The van der Waals surface area contributed by atoms with Crippen LogP contribution in [0.4, 0.5) is 0 Å². The predicted molar refractivity (Wildman–Crippen MR) is 166 cm³/mol. The van der Waals surface area contributed by atoms with E-state index in [1.807, 2.05) is 36.4 Å². The number of unbranched alkanes of at least 4 members (excludes halogenated alkanes) is 6. The maximum Gasteiger partial charge on any atom is 0.311 e. The van der Waals surface area contributed by atoms with Gasteiger partial charge in [-0.3, -0.25) is 19.2 Å². The lowest BCUT2D eigenvalue weighted by atomic mass is 10.00. The second-order valence-corrected chi connectivity index (χ2v) is 11.8. The molecule has 0 fully saturated rings. The molecule has 0 spiro atoms. The molecule has 0 aliphatic rings. The Labute approximate surface area is 252 Å². The molecule has 3 N–H and O–H groups in total. The number of hydrogen-bond donors (Lipinski definition) is 3. The summed E-state index contributed by atoms with van der Waals surface area (Å²) in [6.45, 7) is 2.23. The lowest BCUT2D eigenvalue weighted by Crippen LogP contribution is -2.10. The zero-order valence-corrected chi connectivity index (χ0v) is 25.1. The van der Waals surface area contributed by atoms with E-state index in [0.717, 1.165) is 28.9 Å². The van der Waals surface area contributed by atoms with E-state index in [4.69, 9.17) is 10.2 Å². The van der Waals surface area contributed by atoms with Gasteiger partial charge in [-0.1, -0.05) is 81.8 Å². The van der Waals surface area contributed by atoms with E-state index >= 15 is 0 Å². The zero-order chi connectivity index (χ0) is 30.3. The number of carboxylic acid groups (broad SMARTS) is 2. The van der Waals surface area contributed by atoms with Gasteiger partial charge in [-0.2, -0.15) is 0 Å². The normalized spacial score (nSPS) is 11.7. The molecule has 3 aromatic rings. The molecule has 8 heteroatoms. The fourth-order valence-electron chi connectivity index (χ4n) is 4.92. The average Bonchev–Trinajstić information content (AvgIpc) is 3.46. The molecule has 0 radical (unpaired) electrons. The van der Waals surface area contributed by atoms with Crippen LogP contribution in [0.1, 0.15) is 104 Å². The molecular weight excluding hydrogens is 550 g/mol. The summed E-state index contributed by atoms with van der Waals surface area (Å²) in [6, 6.07) is 17.2. The van der Waals surface area contributed by atoms with Gasteiger partial charge in [-0.05, 0) is 54.2 Å². The molecule has 1 unspecified atom stereocenters. The highest BCUT2D eigenvalue weighted by Gasteiger charge is 2.23. The standard InChI is InChI=1S/C34H41NO6S/c1-2-3-4-5-6-7-8-10-24-13-15-26(16-14-24)34(29(36)11-9-12-31(38)39)42-27-19-17-25(18-20-27)33-28(21-22-35-33)30(37)23-32(40)41/h13-22,34-35H,2-12,23H2,1H3,(H,38,39)(H,40,41). The molecule has 0 amide bonds. The minimum absolute atomic E-state index is 0.0175. The van der Waals surface area contributed by atoms with Gasteiger partial charge < -0.3 is 15.2 Å². The van der Waals surface area contributed by atoms with Crippen molar-refractivity contribution in [3.63, 3.8) is 0 Å². The van der Waals surface area contributed by atoms with Crippen LogP contribution < -0.4 is 0 Å². The third kappa shape index (κ3) is 10.6. The molecule has 0 saturated heterocycles. The second-order valence-electron chi connectivity index (χ2n) is 10.6. The number of H-pyrrole nitrogens is 1. The van der Waals surface area contributed by atoms with Gasteiger partial charge in [-0.15, -0.1) is 11.8 Å². The molecule has 2 aromatic carbocycles. The van der Waals surface area contributed by atoms with Crippen LogP contribution in [-0.2, 0) is 20.8 Å². The first-order valence-corrected chi connectivity index (χ1v) is 15.7. The number of carboxylic acids is 2. The molecular formula is C34H41NO6S. The fraction of sp³-hybridized carbons (Fsp3) is 0.412. The van der Waals surface area contributed by atoms with Gasteiger partial charge >= 0.3 is 11.9 Å². The lowest BCUT2D eigenvalue weighted by molar-refractivity contribution is -0.137. The summed E-state index contributed by atoms with van der Waals surface area (Å²) < 4.78 is 0. The van der Waals surface area contributed by atoms with Crippen molar-refractivity contribution >= 4 is 35.3 Å². The van der Waals surface area contributed by atoms with E-state index < -0.39 is 29.4 Å². The van der Waals surface area contributed by atoms with Crippen molar-refractivity contribution in [3.05, 3.63) is 77.5 Å². The van der Waals surface area contributed by atoms with Crippen LogP contribution in [-0.4, -0.2) is 38.7 Å². The summed E-state index contributed by atoms with van der Waals surface area (Å²) >= 11 is 1.42. The molecule has 0 saturated carbocycles. The topological polar surface area (TPSA) is 125 Å². The van der Waals surface area contributed by atoms with Crippen molar-refractivity contribution in [2.75, 3.05) is 0 Å². The Morgan fingerprint density at radius 1 is 0.762 bits per heavy atom. The van der Waals surface area contributed by atoms with E-state index in [0.29, 0.717) is 17.7 Å². The third-order valence-corrected chi connectivity index (χ3v) is 8.53. The molecule has 1 aromatic heterocycles. The summed E-state index contributed by atoms with van der Waals surface area (Å²) in [5.74, 6) is -2.58. The number of thioether (sulfide) groups is 1. The Kier molecular flexibility index (Phi) is 13.6. The molecule has 1 atom stereocenters. The van der Waals surface area contributed by atoms with Gasteiger partial charge in [0.15, 0.2) is 11.6 Å². The zero-order valence-electron chi connectivity index (χ0n) is 24.3. The number of benzene rings is 2. The summed E-state index contributed by atoms with van der Waals surface area (Å²) in [5, 5.41) is 17.5. The lowest BCUT2D eigenvalue weighted by Gasteiger charge is -2.17. The molecule has 3 rings (SSSR count). The van der Waals surface area contributed by atoms with Gasteiger partial charge in [-0.25, -0.2) is 0 Å². The quantitative estimate of drug-likeness (QED) is 0.0522. The molecule has 0 aliphatic heterocycles. The van der Waals surface area contributed by atoms with Gasteiger partial charge in [0.25, 0.3) is 0 Å². The largest absolute Gasteiger partial charge is 0.481 e. The number of ketones is 2. The Hall–Kier alpha value is -3.65. The van der Waals surface area contributed by atoms with Crippen LogP contribution in [0.2, 0.25) is 0 Å². The summed E-state index contributed by atoms with van der Waals surface area (Å²) in [4.78, 5) is 51.5. The monoisotopic (exact) mass is 591 g/mol.